The lowest BCUT2D eigenvalue weighted by atomic mass is 10.3. The molecule has 0 aliphatic heterocycles. The van der Waals surface area contributed by atoms with Crippen molar-refractivity contribution in [3.63, 3.8) is 0 Å². The van der Waals surface area contributed by atoms with Gasteiger partial charge in [-0.15, -0.1) is 11.3 Å². The highest BCUT2D eigenvalue weighted by Crippen LogP contribution is 2.18. The van der Waals surface area contributed by atoms with Crippen LogP contribution >= 0.6 is 11.3 Å². The fourth-order valence-electron chi connectivity index (χ4n) is 1.12. The molecule has 14 heavy (non-hydrogen) atoms. The second kappa shape index (κ2) is 5.07. The number of nitrogens with two attached hydrogens (primary N) is 1. The van der Waals surface area contributed by atoms with Gasteiger partial charge in [-0.2, -0.15) is 0 Å². The number of nitrogens with one attached hydrogen (secondary N) is 1. The molecule has 1 aromatic heterocycles. The number of aromatic nitrogens is 1. The number of aryl methyl sites for hydroxylation is 1. The summed E-state index contributed by atoms with van der Waals surface area (Å²) in [6, 6.07) is 0. The van der Waals surface area contributed by atoms with Crippen LogP contribution in [0.25, 0.3) is 0 Å². The molecule has 0 aliphatic carbocycles. The highest BCUT2D eigenvalue weighted by Gasteiger charge is 2.09. The van der Waals surface area contributed by atoms with Gasteiger partial charge in [0, 0.05) is 18.3 Å². The first-order valence-corrected chi connectivity index (χ1v) is 5.34. The Morgan fingerprint density at radius 3 is 2.93 bits per heavy atom. The molecule has 0 bridgehead atoms. The quantitative estimate of drug-likeness (QED) is 0.753. The van der Waals surface area contributed by atoms with Crippen LogP contribution in [0.4, 0.5) is 0 Å². The first-order chi connectivity index (χ1) is 6.67. The molecule has 0 radical (unpaired) electrons. The monoisotopic (exact) mass is 213 g/mol. The van der Waals surface area contributed by atoms with Crippen LogP contribution in [0.2, 0.25) is 0 Å². The van der Waals surface area contributed by atoms with Crippen molar-refractivity contribution in [3.05, 3.63) is 15.6 Å². The largest absolute Gasteiger partial charge is 0.359 e. The molecule has 0 aromatic carbocycles. The van der Waals surface area contributed by atoms with Gasteiger partial charge in [0.15, 0.2) is 0 Å². The van der Waals surface area contributed by atoms with Gasteiger partial charge in [-0.05, 0) is 13.5 Å². The van der Waals surface area contributed by atoms with Crippen LogP contribution in [0.5, 0.6) is 0 Å². The van der Waals surface area contributed by atoms with Gasteiger partial charge < -0.3 is 11.1 Å². The van der Waals surface area contributed by atoms with E-state index >= 15 is 0 Å². The molecule has 0 spiro atoms. The maximum atomic E-state index is 11.1. The molecule has 0 saturated heterocycles. The number of likely N-dealkylation sites (N-methyl/N-ethyl adjacent to an activating group) is 1. The molecule has 3 N–H and O–H groups in total. The van der Waals surface area contributed by atoms with Crippen molar-refractivity contribution in [2.75, 3.05) is 13.6 Å². The summed E-state index contributed by atoms with van der Waals surface area (Å²) in [5.41, 5.74) is 6.38. The highest BCUT2D eigenvalue weighted by atomic mass is 32.1. The molecule has 0 aliphatic rings. The van der Waals surface area contributed by atoms with Crippen molar-refractivity contribution in [1.29, 1.82) is 0 Å². The van der Waals surface area contributed by atoms with Crippen LogP contribution in [0.1, 0.15) is 15.6 Å². The molecule has 4 nitrogen and oxygen atoms in total. The minimum absolute atomic E-state index is 0.0241. The van der Waals surface area contributed by atoms with E-state index in [-0.39, 0.29) is 5.91 Å². The Morgan fingerprint density at radius 2 is 2.36 bits per heavy atom. The van der Waals surface area contributed by atoms with E-state index in [1.807, 2.05) is 6.92 Å². The van der Waals surface area contributed by atoms with Crippen molar-refractivity contribution in [3.8, 4) is 0 Å². The lowest BCUT2D eigenvalue weighted by molar-refractivity contribution is -0.119. The molecule has 78 valence electrons. The maximum absolute atomic E-state index is 11.1. The van der Waals surface area contributed by atoms with Crippen molar-refractivity contribution in [1.82, 2.24) is 10.3 Å². The van der Waals surface area contributed by atoms with Gasteiger partial charge in [-0.3, -0.25) is 4.79 Å². The van der Waals surface area contributed by atoms with Crippen LogP contribution < -0.4 is 11.1 Å². The fourth-order valence-corrected chi connectivity index (χ4v) is 2.20. The van der Waals surface area contributed by atoms with Crippen LogP contribution in [-0.4, -0.2) is 24.5 Å². The summed E-state index contributed by atoms with van der Waals surface area (Å²) in [7, 11) is 1.64. The van der Waals surface area contributed by atoms with E-state index in [2.05, 4.69) is 10.3 Å². The number of hydrogen-bond acceptors (Lipinski definition) is 4. The minimum atomic E-state index is 0.0241. The van der Waals surface area contributed by atoms with Gasteiger partial charge >= 0.3 is 0 Å². The third-order valence-electron chi connectivity index (χ3n) is 1.90. The van der Waals surface area contributed by atoms with Crippen LogP contribution in [0.3, 0.4) is 0 Å². The van der Waals surface area contributed by atoms with Crippen molar-refractivity contribution in [2.24, 2.45) is 5.73 Å². The Morgan fingerprint density at radius 1 is 1.64 bits per heavy atom. The van der Waals surface area contributed by atoms with Gasteiger partial charge in [0.05, 0.1) is 17.1 Å². The predicted octanol–water partition coefficient (Wildman–Crippen LogP) is 0.241. The zero-order valence-corrected chi connectivity index (χ0v) is 9.28. The summed E-state index contributed by atoms with van der Waals surface area (Å²) in [5, 5.41) is 3.61. The molecule has 0 fully saturated rings. The number of nitrogens with zero attached hydrogens (tertiary/aromatic N) is 1. The third kappa shape index (κ3) is 2.78. The second-order valence-electron chi connectivity index (χ2n) is 3.00. The van der Waals surface area contributed by atoms with E-state index in [0.717, 1.165) is 22.0 Å². The van der Waals surface area contributed by atoms with E-state index in [0.29, 0.717) is 13.0 Å². The van der Waals surface area contributed by atoms with E-state index < -0.39 is 0 Å². The van der Waals surface area contributed by atoms with Crippen molar-refractivity contribution < 1.29 is 4.79 Å². The number of carbonyl (C=O) groups is 1. The smallest absolute Gasteiger partial charge is 0.225 e. The Bertz CT molecular complexity index is 322. The average Bonchev–Trinajstić information content (AvgIpc) is 2.47. The first kappa shape index (κ1) is 11.1. The molecule has 5 heteroatoms. The molecule has 1 heterocycles. The zero-order valence-electron chi connectivity index (χ0n) is 8.46. The summed E-state index contributed by atoms with van der Waals surface area (Å²) in [4.78, 5) is 16.5. The van der Waals surface area contributed by atoms with Crippen molar-refractivity contribution >= 4 is 17.2 Å². The normalized spacial score (nSPS) is 10.2. The van der Waals surface area contributed by atoms with E-state index in [9.17, 15) is 4.79 Å². The molecular formula is C9H15N3OS. The highest BCUT2D eigenvalue weighted by molar-refractivity contribution is 7.11. The number of rotatable bonds is 4. The molecule has 0 saturated carbocycles. The molecule has 0 unspecified atom stereocenters. The average molecular weight is 213 g/mol. The van der Waals surface area contributed by atoms with Gasteiger partial charge in [0.25, 0.3) is 0 Å². The van der Waals surface area contributed by atoms with Gasteiger partial charge in [0.1, 0.15) is 0 Å². The van der Waals surface area contributed by atoms with Gasteiger partial charge in [-0.25, -0.2) is 4.98 Å². The lowest BCUT2D eigenvalue weighted by Crippen LogP contribution is -2.19. The van der Waals surface area contributed by atoms with E-state index in [4.69, 9.17) is 5.73 Å². The zero-order chi connectivity index (χ0) is 10.6. The Balaban J connectivity index is 2.71. The molecule has 1 amide bonds. The van der Waals surface area contributed by atoms with Crippen LogP contribution in [-0.2, 0) is 17.6 Å². The van der Waals surface area contributed by atoms with Crippen molar-refractivity contribution in [2.45, 2.75) is 19.8 Å². The Kier molecular flexibility index (Phi) is 4.03. The molecule has 1 rings (SSSR count). The summed E-state index contributed by atoms with van der Waals surface area (Å²) in [6.07, 6.45) is 1.21. The number of amides is 1. The standard InChI is InChI=1S/C9H15N3OS/c1-6-7(5-8(13)11-2)14-9(12-6)3-4-10/h3-5,10H2,1-2H3,(H,11,13). The summed E-state index contributed by atoms with van der Waals surface area (Å²) in [5.74, 6) is 0.0241. The summed E-state index contributed by atoms with van der Waals surface area (Å²) < 4.78 is 0. The molecule has 1 aromatic rings. The maximum Gasteiger partial charge on any atom is 0.225 e. The van der Waals surface area contributed by atoms with E-state index in [1.54, 1.807) is 18.4 Å². The van der Waals surface area contributed by atoms with Crippen LogP contribution in [0.15, 0.2) is 0 Å². The predicted molar refractivity (Wildman–Crippen MR) is 57.4 cm³/mol. The topological polar surface area (TPSA) is 68.0 Å². The summed E-state index contributed by atoms with van der Waals surface area (Å²) >= 11 is 1.58. The molecular weight excluding hydrogens is 198 g/mol. The molecule has 0 atom stereocenters. The summed E-state index contributed by atoms with van der Waals surface area (Å²) in [6.45, 7) is 2.53. The number of thiazole rings is 1. The number of carbonyl (C=O) groups excluding carboxylic acids is 1. The fraction of sp³-hybridized carbons (Fsp3) is 0.556. The van der Waals surface area contributed by atoms with Gasteiger partial charge in [-0.1, -0.05) is 0 Å². The third-order valence-corrected chi connectivity index (χ3v) is 3.11. The minimum Gasteiger partial charge on any atom is -0.359 e. The number of hydrogen-bond donors (Lipinski definition) is 2. The lowest BCUT2D eigenvalue weighted by Gasteiger charge is -1.96. The van der Waals surface area contributed by atoms with Crippen LogP contribution in [0, 0.1) is 6.92 Å². The second-order valence-corrected chi connectivity index (χ2v) is 4.17. The SMILES string of the molecule is CNC(=O)Cc1sc(CCN)nc1C. The Hall–Kier alpha value is -0.940. The van der Waals surface area contributed by atoms with Gasteiger partial charge in [0.2, 0.25) is 5.91 Å². The van der Waals surface area contributed by atoms with E-state index in [1.165, 1.54) is 0 Å². The Labute approximate surface area is 87.5 Å². The first-order valence-electron chi connectivity index (χ1n) is 4.53.